The molecular weight excluding hydrogens is 642 g/mol. The zero-order chi connectivity index (χ0) is 37.6. The topological polar surface area (TPSA) is 144 Å². The van der Waals surface area contributed by atoms with E-state index in [9.17, 15) is 24.9 Å². The fourth-order valence-corrected chi connectivity index (χ4v) is 8.14. The first-order valence-corrected chi connectivity index (χ1v) is 18.1. The Morgan fingerprint density at radius 2 is 1.74 bits per heavy atom. The Morgan fingerprint density at radius 3 is 2.30 bits per heavy atom. The minimum Gasteiger partial charge on any atom is -0.459 e. The van der Waals surface area contributed by atoms with Crippen molar-refractivity contribution in [2.75, 3.05) is 27.8 Å². The van der Waals surface area contributed by atoms with Crippen molar-refractivity contribution in [3.05, 3.63) is 47.5 Å². The molecule has 11 heteroatoms. The van der Waals surface area contributed by atoms with Crippen LogP contribution in [0.4, 0.5) is 0 Å². The number of carbonyl (C=O) groups is 2. The Hall–Kier alpha value is -2.38. The quantitative estimate of drug-likeness (QED) is 0.242. The molecule has 13 atom stereocenters. The molecule has 284 valence electrons. The van der Waals surface area contributed by atoms with Gasteiger partial charge in [-0.3, -0.25) is 4.79 Å². The highest BCUT2D eigenvalue weighted by molar-refractivity contribution is 5.89. The summed E-state index contributed by atoms with van der Waals surface area (Å²) < 4.78 is 31.7. The summed E-state index contributed by atoms with van der Waals surface area (Å²) >= 11 is 0. The van der Waals surface area contributed by atoms with Gasteiger partial charge >= 0.3 is 11.9 Å². The molecule has 3 rings (SSSR count). The zero-order valence-electron chi connectivity index (χ0n) is 32.0. The van der Waals surface area contributed by atoms with Crippen molar-refractivity contribution >= 4 is 11.9 Å². The van der Waals surface area contributed by atoms with E-state index in [1.807, 2.05) is 60.5 Å². The van der Waals surface area contributed by atoms with Crippen LogP contribution in [0.1, 0.15) is 91.4 Å². The van der Waals surface area contributed by atoms with E-state index in [1.165, 1.54) is 0 Å². The lowest BCUT2D eigenvalue weighted by atomic mass is 9.74. The predicted molar refractivity (Wildman–Crippen MR) is 190 cm³/mol. The Kier molecular flexibility index (Phi) is 15.1. The van der Waals surface area contributed by atoms with Gasteiger partial charge in [0.25, 0.3) is 0 Å². The number of benzene rings is 1. The Balaban J connectivity index is 2.23. The predicted octanol–water partition coefficient (Wildman–Crippen LogP) is 4.76. The first-order chi connectivity index (χ1) is 23.4. The lowest BCUT2D eigenvalue weighted by Gasteiger charge is -2.48. The molecule has 0 aliphatic carbocycles. The lowest BCUT2D eigenvalue weighted by Crippen LogP contribution is -2.60. The second-order valence-corrected chi connectivity index (χ2v) is 15.2. The number of ether oxygens (including phenoxy) is 5. The number of carbonyl (C=O) groups excluding carboxylic acids is 2. The van der Waals surface area contributed by atoms with E-state index in [0.717, 1.165) is 5.57 Å². The first kappa shape index (κ1) is 42.0. The molecule has 0 bridgehead atoms. The minimum absolute atomic E-state index is 0.116. The maximum Gasteiger partial charge on any atom is 0.338 e. The van der Waals surface area contributed by atoms with Crippen molar-refractivity contribution in [3.63, 3.8) is 0 Å². The van der Waals surface area contributed by atoms with Gasteiger partial charge in [0.05, 0.1) is 29.3 Å². The highest BCUT2D eigenvalue weighted by Gasteiger charge is 2.51. The van der Waals surface area contributed by atoms with Gasteiger partial charge in [-0.05, 0) is 92.4 Å². The molecule has 0 unspecified atom stereocenters. The van der Waals surface area contributed by atoms with Gasteiger partial charge in [0, 0.05) is 31.6 Å². The first-order valence-electron chi connectivity index (χ1n) is 18.1. The van der Waals surface area contributed by atoms with Gasteiger partial charge < -0.3 is 43.9 Å². The maximum absolute atomic E-state index is 14.1. The van der Waals surface area contributed by atoms with Gasteiger partial charge in [0.2, 0.25) is 0 Å². The molecule has 2 aliphatic heterocycles. The lowest BCUT2D eigenvalue weighted by molar-refractivity contribution is -0.301. The molecule has 0 spiro atoms. The highest BCUT2D eigenvalue weighted by Crippen LogP contribution is 2.41. The standard InChI is InChI=1S/C39H63NO10/c1-12-31-39(8,45)29(18-19-41)24(3)20-23(2)22-38(7,46-11)34(50-37-32(42)30(40(9)10)21-25(4)47-37)26(5)33(27(6)35(43)48-31)49-36(44)28-16-14-13-15-17-28/h13-17,20,23,25-27,29-34,37,41-42,45H,12,18-19,21-22H2,1-11H3/b24-20-/t23-,25+,26+,27+,29-,30-,31+,32+,33+,34+,37-,38+,39-/m0/s1. The number of aliphatic hydroxyl groups excluding tert-OH is 2. The number of methoxy groups -OCH3 is 1. The van der Waals surface area contributed by atoms with Crippen molar-refractivity contribution in [1.29, 1.82) is 0 Å². The summed E-state index contributed by atoms with van der Waals surface area (Å²) in [5.41, 5.74) is -1.40. The molecule has 1 aromatic carbocycles. The van der Waals surface area contributed by atoms with Crippen LogP contribution in [0.5, 0.6) is 0 Å². The highest BCUT2D eigenvalue weighted by atomic mass is 16.7. The number of likely N-dealkylation sites (N-methyl/N-ethyl adjacent to an activating group) is 1. The second-order valence-electron chi connectivity index (χ2n) is 15.2. The summed E-state index contributed by atoms with van der Waals surface area (Å²) in [6.07, 6.45) is -1.45. The van der Waals surface area contributed by atoms with Crippen LogP contribution in [-0.2, 0) is 28.5 Å². The number of cyclic esters (lactones) is 1. The molecule has 0 radical (unpaired) electrons. The van der Waals surface area contributed by atoms with Crippen LogP contribution in [-0.4, -0.2) is 114 Å². The summed E-state index contributed by atoms with van der Waals surface area (Å²) in [5, 5.41) is 33.6. The van der Waals surface area contributed by atoms with Crippen LogP contribution in [0.25, 0.3) is 0 Å². The molecular formula is C39H63NO10. The SMILES string of the molecule is CC[C@H]1OC(=O)[C@H](C)[C@H](OC(=O)c2ccccc2)[C@@H](C)[C@@H](O[C@@H]2O[C@H](C)C[C@H](N(C)C)[C@H]2O)[C@](C)(OC)C[C@@H](C)/C=C(/C)[C@H](CCO)[C@]1(C)O. The molecule has 2 heterocycles. The molecule has 1 aromatic rings. The second kappa shape index (κ2) is 17.9. The third-order valence-corrected chi connectivity index (χ3v) is 11.0. The van der Waals surface area contributed by atoms with Gasteiger partial charge in [-0.1, -0.05) is 50.6 Å². The molecule has 11 nitrogen and oxygen atoms in total. The van der Waals surface area contributed by atoms with Crippen LogP contribution in [0, 0.1) is 23.7 Å². The molecule has 50 heavy (non-hydrogen) atoms. The van der Waals surface area contributed by atoms with Crippen molar-refractivity contribution in [2.45, 2.75) is 135 Å². The molecule has 1 saturated heterocycles. The number of rotatable bonds is 9. The van der Waals surface area contributed by atoms with Gasteiger partial charge in [-0.2, -0.15) is 0 Å². The van der Waals surface area contributed by atoms with Gasteiger partial charge in [-0.15, -0.1) is 0 Å². The van der Waals surface area contributed by atoms with E-state index in [1.54, 1.807) is 51.3 Å². The molecule has 2 aliphatic rings. The molecule has 0 aromatic heterocycles. The van der Waals surface area contributed by atoms with Crippen LogP contribution < -0.4 is 0 Å². The third kappa shape index (κ3) is 9.73. The van der Waals surface area contributed by atoms with Crippen LogP contribution in [0.3, 0.4) is 0 Å². The number of nitrogens with zero attached hydrogens (tertiary/aromatic N) is 1. The summed E-state index contributed by atoms with van der Waals surface area (Å²) in [4.78, 5) is 29.7. The monoisotopic (exact) mass is 705 g/mol. The average molecular weight is 706 g/mol. The Labute approximate surface area is 299 Å². The fourth-order valence-electron chi connectivity index (χ4n) is 8.14. The number of allylic oxidation sites excluding steroid dienone is 1. The zero-order valence-corrected chi connectivity index (χ0v) is 32.0. The van der Waals surface area contributed by atoms with E-state index >= 15 is 0 Å². The van der Waals surface area contributed by atoms with Crippen LogP contribution >= 0.6 is 0 Å². The average Bonchev–Trinajstić information content (AvgIpc) is 3.07. The Morgan fingerprint density at radius 1 is 1.10 bits per heavy atom. The van der Waals surface area contributed by atoms with E-state index in [4.69, 9.17) is 23.7 Å². The van der Waals surface area contributed by atoms with E-state index in [2.05, 4.69) is 6.08 Å². The van der Waals surface area contributed by atoms with Gasteiger partial charge in [0.1, 0.15) is 23.9 Å². The van der Waals surface area contributed by atoms with Gasteiger partial charge in [-0.25, -0.2) is 4.79 Å². The molecule has 1 fully saturated rings. The summed E-state index contributed by atoms with van der Waals surface area (Å²) in [6, 6.07) is 8.31. The number of aliphatic hydroxyl groups is 3. The largest absolute Gasteiger partial charge is 0.459 e. The van der Waals surface area contributed by atoms with E-state index in [-0.39, 0.29) is 31.1 Å². The van der Waals surface area contributed by atoms with Crippen molar-refractivity contribution < 1.29 is 48.6 Å². The summed E-state index contributed by atoms with van der Waals surface area (Å²) in [6.45, 7) is 14.6. The van der Waals surface area contributed by atoms with Crippen molar-refractivity contribution in [2.24, 2.45) is 23.7 Å². The van der Waals surface area contributed by atoms with Crippen LogP contribution in [0.15, 0.2) is 42.0 Å². The normalized spacial score (nSPS) is 40.3. The molecule has 3 N–H and O–H groups in total. The van der Waals surface area contributed by atoms with Gasteiger partial charge in [0.15, 0.2) is 6.29 Å². The fraction of sp³-hybridized carbons (Fsp3) is 0.744. The third-order valence-electron chi connectivity index (χ3n) is 11.0. The van der Waals surface area contributed by atoms with E-state index in [0.29, 0.717) is 24.8 Å². The molecule has 0 amide bonds. The maximum atomic E-state index is 14.1. The van der Waals surface area contributed by atoms with Crippen LogP contribution in [0.2, 0.25) is 0 Å². The Bertz CT molecular complexity index is 1270. The minimum atomic E-state index is -1.51. The van der Waals surface area contributed by atoms with Crippen molar-refractivity contribution in [1.82, 2.24) is 4.90 Å². The number of esters is 2. The van der Waals surface area contributed by atoms with E-state index < -0.39 is 71.6 Å². The smallest absolute Gasteiger partial charge is 0.338 e. The summed E-state index contributed by atoms with van der Waals surface area (Å²) in [5.74, 6) is -3.61. The number of hydrogen-bond donors (Lipinski definition) is 3. The molecule has 0 saturated carbocycles. The number of hydrogen-bond acceptors (Lipinski definition) is 11. The summed E-state index contributed by atoms with van der Waals surface area (Å²) in [7, 11) is 5.40. The van der Waals surface area contributed by atoms with Crippen molar-refractivity contribution in [3.8, 4) is 0 Å².